The van der Waals surface area contributed by atoms with Crippen molar-refractivity contribution >= 4 is 29.0 Å². The third-order valence-electron chi connectivity index (χ3n) is 3.01. The first-order chi connectivity index (χ1) is 9.11. The molecule has 2 aromatic rings. The summed E-state index contributed by atoms with van der Waals surface area (Å²) in [6.45, 7) is 1.95. The molecule has 3 N–H and O–H groups in total. The molecule has 0 radical (unpaired) electrons. The van der Waals surface area contributed by atoms with Crippen LogP contribution in [-0.2, 0) is 9.59 Å². The van der Waals surface area contributed by atoms with Gasteiger partial charge in [0.25, 0.3) is 0 Å². The normalized spacial score (nSPS) is 12.3. The second kappa shape index (κ2) is 5.51. The predicted molar refractivity (Wildman–Crippen MR) is 70.3 cm³/mol. The molecule has 0 aliphatic carbocycles. The average molecular weight is 261 g/mol. The van der Waals surface area contributed by atoms with Crippen LogP contribution < -0.4 is 11.1 Å². The first-order valence-corrected chi connectivity index (χ1v) is 5.99. The Morgan fingerprint density at radius 2 is 2.37 bits per heavy atom. The zero-order valence-corrected chi connectivity index (χ0v) is 10.6. The monoisotopic (exact) mass is 261 g/mol. The standard InChI is InChI=1S/C13H15N3O3/c1-8(2-5-12(18)15-7-17)13-10-6-9(14)3-4-11(10)19-16-13/h3-4,6-8H,2,5,14H2,1H3,(H,15,17,18). The molecule has 6 heteroatoms. The summed E-state index contributed by atoms with van der Waals surface area (Å²) >= 11 is 0. The lowest BCUT2D eigenvalue weighted by Gasteiger charge is -2.07. The van der Waals surface area contributed by atoms with Gasteiger partial charge in [-0.2, -0.15) is 0 Å². The van der Waals surface area contributed by atoms with Gasteiger partial charge in [0.1, 0.15) is 0 Å². The molecule has 100 valence electrons. The molecular formula is C13H15N3O3. The van der Waals surface area contributed by atoms with E-state index in [1.54, 1.807) is 12.1 Å². The Hall–Kier alpha value is -2.37. The lowest BCUT2D eigenvalue weighted by molar-refractivity contribution is -0.125. The number of nitrogens with one attached hydrogen (secondary N) is 1. The van der Waals surface area contributed by atoms with Crippen molar-refractivity contribution in [1.82, 2.24) is 10.5 Å². The van der Waals surface area contributed by atoms with Gasteiger partial charge < -0.3 is 10.3 Å². The molecule has 0 aliphatic heterocycles. The molecule has 0 aliphatic rings. The number of hydrogen-bond donors (Lipinski definition) is 2. The van der Waals surface area contributed by atoms with Crippen LogP contribution in [-0.4, -0.2) is 17.5 Å². The van der Waals surface area contributed by atoms with E-state index in [4.69, 9.17) is 10.3 Å². The molecule has 0 saturated heterocycles. The van der Waals surface area contributed by atoms with Crippen LogP contribution >= 0.6 is 0 Å². The van der Waals surface area contributed by atoms with Gasteiger partial charge in [-0.1, -0.05) is 12.1 Å². The number of rotatable bonds is 5. The fourth-order valence-corrected chi connectivity index (χ4v) is 1.95. The molecule has 1 aromatic heterocycles. The van der Waals surface area contributed by atoms with Gasteiger partial charge in [0.05, 0.1) is 5.69 Å². The molecule has 0 fully saturated rings. The first-order valence-electron chi connectivity index (χ1n) is 5.99. The highest BCUT2D eigenvalue weighted by atomic mass is 16.5. The van der Waals surface area contributed by atoms with Crippen LogP contribution in [0, 0.1) is 0 Å². The number of fused-ring (bicyclic) bond motifs is 1. The lowest BCUT2D eigenvalue weighted by Crippen LogP contribution is -2.21. The van der Waals surface area contributed by atoms with Crippen LogP contribution in [0.3, 0.4) is 0 Å². The Morgan fingerprint density at radius 3 is 3.11 bits per heavy atom. The summed E-state index contributed by atoms with van der Waals surface area (Å²) in [5.74, 6) is -0.255. The number of anilines is 1. The van der Waals surface area contributed by atoms with E-state index in [1.165, 1.54) is 0 Å². The number of aromatic nitrogens is 1. The van der Waals surface area contributed by atoms with Crippen LogP contribution in [0.15, 0.2) is 22.7 Å². The van der Waals surface area contributed by atoms with Gasteiger partial charge in [0.15, 0.2) is 5.58 Å². The molecule has 2 rings (SSSR count). The highest BCUT2D eigenvalue weighted by Crippen LogP contribution is 2.29. The summed E-state index contributed by atoms with van der Waals surface area (Å²) in [6, 6.07) is 5.33. The molecule has 1 unspecified atom stereocenters. The van der Waals surface area contributed by atoms with Crippen molar-refractivity contribution < 1.29 is 14.1 Å². The fraction of sp³-hybridized carbons (Fsp3) is 0.308. The van der Waals surface area contributed by atoms with Crippen molar-refractivity contribution in [2.75, 3.05) is 5.73 Å². The van der Waals surface area contributed by atoms with Gasteiger partial charge in [0, 0.05) is 23.4 Å². The van der Waals surface area contributed by atoms with Crippen LogP contribution in [0.5, 0.6) is 0 Å². The summed E-state index contributed by atoms with van der Waals surface area (Å²) < 4.78 is 5.22. The van der Waals surface area contributed by atoms with Crippen molar-refractivity contribution in [3.05, 3.63) is 23.9 Å². The number of nitrogens with zero attached hydrogens (tertiary/aromatic N) is 1. The Kier molecular flexibility index (Phi) is 3.79. The number of imide groups is 1. The lowest BCUT2D eigenvalue weighted by atomic mass is 9.98. The number of hydrogen-bond acceptors (Lipinski definition) is 5. The number of amides is 2. The molecule has 2 amide bonds. The number of nitrogen functional groups attached to an aromatic ring is 1. The van der Waals surface area contributed by atoms with Gasteiger partial charge in [-0.05, 0) is 24.6 Å². The van der Waals surface area contributed by atoms with E-state index >= 15 is 0 Å². The molecule has 1 aromatic carbocycles. The summed E-state index contributed by atoms with van der Waals surface area (Å²) in [4.78, 5) is 21.4. The van der Waals surface area contributed by atoms with Gasteiger partial charge >= 0.3 is 0 Å². The minimum absolute atomic E-state index is 0.0421. The number of carbonyl (C=O) groups excluding carboxylic acids is 2. The van der Waals surface area contributed by atoms with E-state index < -0.39 is 0 Å². The van der Waals surface area contributed by atoms with Crippen molar-refractivity contribution in [3.63, 3.8) is 0 Å². The molecule has 1 atom stereocenters. The van der Waals surface area contributed by atoms with E-state index in [0.717, 1.165) is 11.1 Å². The van der Waals surface area contributed by atoms with Crippen molar-refractivity contribution in [1.29, 1.82) is 0 Å². The first kappa shape index (κ1) is 13.1. The maximum Gasteiger partial charge on any atom is 0.226 e. The minimum atomic E-state index is -0.297. The molecule has 0 spiro atoms. The second-order valence-corrected chi connectivity index (χ2v) is 4.45. The molecule has 19 heavy (non-hydrogen) atoms. The minimum Gasteiger partial charge on any atom is -0.399 e. The highest BCUT2D eigenvalue weighted by Gasteiger charge is 2.16. The van der Waals surface area contributed by atoms with Crippen molar-refractivity contribution in [3.8, 4) is 0 Å². The van der Waals surface area contributed by atoms with Crippen molar-refractivity contribution in [2.45, 2.75) is 25.7 Å². The number of benzene rings is 1. The van der Waals surface area contributed by atoms with Gasteiger partial charge in [-0.3, -0.25) is 14.9 Å². The van der Waals surface area contributed by atoms with Crippen molar-refractivity contribution in [2.24, 2.45) is 0 Å². The average Bonchev–Trinajstić information content (AvgIpc) is 2.79. The van der Waals surface area contributed by atoms with Gasteiger partial charge in [-0.15, -0.1) is 0 Å². The van der Waals surface area contributed by atoms with E-state index in [2.05, 4.69) is 10.5 Å². The van der Waals surface area contributed by atoms with Gasteiger partial charge in [0.2, 0.25) is 12.3 Å². The Labute approximate surface area is 109 Å². The predicted octanol–water partition coefficient (Wildman–Crippen LogP) is 1.57. The fourth-order valence-electron chi connectivity index (χ4n) is 1.95. The summed E-state index contributed by atoms with van der Waals surface area (Å²) in [7, 11) is 0. The number of carbonyl (C=O) groups is 2. The summed E-state index contributed by atoms with van der Waals surface area (Å²) in [5.41, 5.74) is 7.84. The van der Waals surface area contributed by atoms with E-state index in [0.29, 0.717) is 24.1 Å². The van der Waals surface area contributed by atoms with Crippen LogP contribution in [0.4, 0.5) is 5.69 Å². The zero-order chi connectivity index (χ0) is 13.8. The largest absolute Gasteiger partial charge is 0.399 e. The Bertz CT molecular complexity index is 606. The van der Waals surface area contributed by atoms with E-state index in [-0.39, 0.29) is 18.2 Å². The Morgan fingerprint density at radius 1 is 1.58 bits per heavy atom. The molecular weight excluding hydrogens is 246 g/mol. The molecule has 6 nitrogen and oxygen atoms in total. The smallest absolute Gasteiger partial charge is 0.226 e. The Balaban J connectivity index is 2.12. The van der Waals surface area contributed by atoms with Crippen LogP contribution in [0.25, 0.3) is 11.0 Å². The van der Waals surface area contributed by atoms with Crippen LogP contribution in [0.2, 0.25) is 0 Å². The zero-order valence-electron chi connectivity index (χ0n) is 10.6. The third kappa shape index (κ3) is 2.90. The van der Waals surface area contributed by atoms with Crippen LogP contribution in [0.1, 0.15) is 31.4 Å². The molecule has 0 bridgehead atoms. The number of nitrogens with two attached hydrogens (primary N) is 1. The molecule has 1 heterocycles. The van der Waals surface area contributed by atoms with Gasteiger partial charge in [-0.25, -0.2) is 0 Å². The summed E-state index contributed by atoms with van der Waals surface area (Å²) in [6.07, 6.45) is 1.23. The SMILES string of the molecule is CC(CCC(=O)NC=O)c1noc2ccc(N)cc12. The van der Waals surface area contributed by atoms with E-state index in [1.807, 2.05) is 13.0 Å². The topological polar surface area (TPSA) is 98.2 Å². The highest BCUT2D eigenvalue weighted by molar-refractivity contribution is 5.86. The summed E-state index contributed by atoms with van der Waals surface area (Å²) in [5, 5.41) is 7.00. The third-order valence-corrected chi connectivity index (χ3v) is 3.01. The molecule has 0 saturated carbocycles. The van der Waals surface area contributed by atoms with E-state index in [9.17, 15) is 9.59 Å². The maximum atomic E-state index is 11.2. The second-order valence-electron chi connectivity index (χ2n) is 4.45. The maximum absolute atomic E-state index is 11.2. The quantitative estimate of drug-likeness (QED) is 0.628.